The number of amides is 3. The van der Waals surface area contributed by atoms with Gasteiger partial charge in [0.25, 0.3) is 0 Å². The Morgan fingerprint density at radius 3 is 2.62 bits per heavy atom. The van der Waals surface area contributed by atoms with Crippen molar-refractivity contribution in [2.75, 3.05) is 5.32 Å². The molecule has 0 heterocycles. The number of carboxylic acid groups (broad SMARTS) is 1. The summed E-state index contributed by atoms with van der Waals surface area (Å²) in [6, 6.07) is 3.08. The third-order valence-electron chi connectivity index (χ3n) is 2.80. The van der Waals surface area contributed by atoms with Gasteiger partial charge < -0.3 is 21.5 Å². The first-order valence-corrected chi connectivity index (χ1v) is 6.52. The Hall–Kier alpha value is -2.28. The Morgan fingerprint density at radius 2 is 2.05 bits per heavy atom. The third-order valence-corrected chi connectivity index (χ3v) is 3.21. The van der Waals surface area contributed by atoms with E-state index in [9.17, 15) is 14.4 Å². The molecule has 0 spiro atoms. The van der Waals surface area contributed by atoms with Gasteiger partial charge in [0.05, 0.1) is 0 Å². The molecule has 21 heavy (non-hydrogen) atoms. The summed E-state index contributed by atoms with van der Waals surface area (Å²) in [7, 11) is 0. The fraction of sp³-hybridized carbons (Fsp3) is 0.308. The molecular weight excluding hydrogens is 298 g/mol. The van der Waals surface area contributed by atoms with Crippen LogP contribution in [0.4, 0.5) is 10.5 Å². The molecule has 0 saturated heterocycles. The van der Waals surface area contributed by atoms with E-state index < -0.39 is 23.9 Å². The van der Waals surface area contributed by atoms with E-state index in [0.717, 1.165) is 0 Å². The van der Waals surface area contributed by atoms with Gasteiger partial charge >= 0.3 is 12.0 Å². The van der Waals surface area contributed by atoms with Crippen molar-refractivity contribution in [1.82, 2.24) is 5.32 Å². The van der Waals surface area contributed by atoms with E-state index in [4.69, 9.17) is 22.4 Å². The molecule has 0 bridgehead atoms. The average Bonchev–Trinajstić information content (AvgIpc) is 2.39. The number of anilines is 1. The summed E-state index contributed by atoms with van der Waals surface area (Å²) in [6.45, 7) is 1.72. The average molecular weight is 314 g/mol. The Morgan fingerprint density at radius 1 is 1.38 bits per heavy atom. The number of carbonyl (C=O) groups excluding carboxylic acids is 2. The van der Waals surface area contributed by atoms with E-state index in [1.165, 1.54) is 0 Å². The van der Waals surface area contributed by atoms with Crippen LogP contribution in [0.15, 0.2) is 18.2 Å². The standard InChI is InChI=1S/C13H16ClN3O4/c1-7-8(14)3-2-4-9(7)16-13(21)17-10(12(19)20)5-6-11(15)18/h2-4,10H,5-6H2,1H3,(H2,15,18)(H,19,20)(H2,16,17,21)/t10-/m0/s1. The van der Waals surface area contributed by atoms with Crippen molar-refractivity contribution >= 4 is 35.2 Å². The van der Waals surface area contributed by atoms with Crippen LogP contribution in [0.25, 0.3) is 0 Å². The summed E-state index contributed by atoms with van der Waals surface area (Å²) in [4.78, 5) is 33.5. The Balaban J connectivity index is 2.67. The van der Waals surface area contributed by atoms with E-state index in [2.05, 4.69) is 10.6 Å². The van der Waals surface area contributed by atoms with Gasteiger partial charge in [0, 0.05) is 17.1 Å². The summed E-state index contributed by atoms with van der Waals surface area (Å²) in [5.74, 6) is -1.87. The first-order valence-electron chi connectivity index (χ1n) is 6.15. The molecule has 0 saturated carbocycles. The van der Waals surface area contributed by atoms with Crippen molar-refractivity contribution in [3.8, 4) is 0 Å². The molecule has 5 N–H and O–H groups in total. The second kappa shape index (κ2) is 7.49. The second-order valence-corrected chi connectivity index (χ2v) is 4.81. The molecule has 0 aliphatic rings. The summed E-state index contributed by atoms with van der Waals surface area (Å²) in [5, 5.41) is 14.2. The largest absolute Gasteiger partial charge is 0.480 e. The molecule has 8 heteroatoms. The second-order valence-electron chi connectivity index (χ2n) is 4.41. The summed E-state index contributed by atoms with van der Waals surface area (Å²) >= 11 is 5.92. The van der Waals surface area contributed by atoms with Crippen molar-refractivity contribution in [1.29, 1.82) is 0 Å². The zero-order chi connectivity index (χ0) is 16.0. The first-order chi connectivity index (χ1) is 9.81. The molecule has 0 unspecified atom stereocenters. The maximum Gasteiger partial charge on any atom is 0.326 e. The number of hydrogen-bond donors (Lipinski definition) is 4. The number of rotatable bonds is 6. The fourth-order valence-electron chi connectivity index (χ4n) is 1.60. The number of nitrogens with two attached hydrogens (primary N) is 1. The summed E-state index contributed by atoms with van der Waals surface area (Å²) in [5.41, 5.74) is 6.09. The van der Waals surface area contributed by atoms with Crippen LogP contribution in [-0.2, 0) is 9.59 Å². The number of halogens is 1. The Bertz CT molecular complexity index is 562. The molecule has 0 aliphatic carbocycles. The predicted molar refractivity (Wildman–Crippen MR) is 78.2 cm³/mol. The van der Waals surface area contributed by atoms with Crippen LogP contribution in [0.3, 0.4) is 0 Å². The van der Waals surface area contributed by atoms with Crippen LogP contribution >= 0.6 is 11.6 Å². The van der Waals surface area contributed by atoms with Crippen LogP contribution in [0.2, 0.25) is 5.02 Å². The van der Waals surface area contributed by atoms with E-state index in [0.29, 0.717) is 16.3 Å². The van der Waals surface area contributed by atoms with Gasteiger partial charge in [-0.3, -0.25) is 4.79 Å². The third kappa shape index (κ3) is 5.31. The summed E-state index contributed by atoms with van der Waals surface area (Å²) in [6.07, 6.45) is -0.208. The number of carbonyl (C=O) groups is 3. The van der Waals surface area contributed by atoms with Gasteiger partial charge in [-0.2, -0.15) is 0 Å². The van der Waals surface area contributed by atoms with Gasteiger partial charge in [0.2, 0.25) is 5.91 Å². The molecule has 1 aromatic rings. The van der Waals surface area contributed by atoms with Gasteiger partial charge in [0.15, 0.2) is 0 Å². The van der Waals surface area contributed by atoms with Crippen molar-refractivity contribution in [2.45, 2.75) is 25.8 Å². The van der Waals surface area contributed by atoms with E-state index in [-0.39, 0.29) is 12.8 Å². The van der Waals surface area contributed by atoms with Crippen molar-refractivity contribution in [3.63, 3.8) is 0 Å². The molecule has 1 rings (SSSR count). The number of aliphatic carboxylic acids is 1. The molecule has 1 aromatic carbocycles. The maximum absolute atomic E-state index is 11.8. The van der Waals surface area contributed by atoms with Crippen LogP contribution in [-0.4, -0.2) is 29.1 Å². The Kier molecular flexibility index (Phi) is 5.98. The molecule has 3 amide bonds. The minimum atomic E-state index is -1.24. The number of carboxylic acids is 1. The SMILES string of the molecule is Cc1c(Cl)cccc1NC(=O)N[C@@H](CCC(N)=O)C(=O)O. The fourth-order valence-corrected chi connectivity index (χ4v) is 1.78. The normalized spacial score (nSPS) is 11.5. The van der Waals surface area contributed by atoms with Gasteiger partial charge in [-0.1, -0.05) is 17.7 Å². The van der Waals surface area contributed by atoms with Crippen LogP contribution in [0.1, 0.15) is 18.4 Å². The van der Waals surface area contributed by atoms with Crippen molar-refractivity contribution in [2.24, 2.45) is 5.73 Å². The number of primary amides is 1. The zero-order valence-corrected chi connectivity index (χ0v) is 12.1. The molecule has 114 valence electrons. The molecule has 0 aromatic heterocycles. The maximum atomic E-state index is 11.8. The lowest BCUT2D eigenvalue weighted by molar-refractivity contribution is -0.139. The van der Waals surface area contributed by atoms with Crippen LogP contribution < -0.4 is 16.4 Å². The van der Waals surface area contributed by atoms with Crippen LogP contribution in [0, 0.1) is 6.92 Å². The monoisotopic (exact) mass is 313 g/mol. The number of nitrogens with one attached hydrogen (secondary N) is 2. The van der Waals surface area contributed by atoms with E-state index >= 15 is 0 Å². The highest BCUT2D eigenvalue weighted by Gasteiger charge is 2.20. The van der Waals surface area contributed by atoms with Gasteiger partial charge in [-0.05, 0) is 31.0 Å². The smallest absolute Gasteiger partial charge is 0.326 e. The van der Waals surface area contributed by atoms with Crippen molar-refractivity contribution in [3.05, 3.63) is 28.8 Å². The molecule has 0 radical (unpaired) electrons. The van der Waals surface area contributed by atoms with Crippen LogP contribution in [0.5, 0.6) is 0 Å². The highest BCUT2D eigenvalue weighted by Crippen LogP contribution is 2.22. The zero-order valence-electron chi connectivity index (χ0n) is 11.4. The lowest BCUT2D eigenvalue weighted by Gasteiger charge is -2.15. The van der Waals surface area contributed by atoms with Gasteiger partial charge in [0.1, 0.15) is 6.04 Å². The van der Waals surface area contributed by atoms with Gasteiger partial charge in [-0.15, -0.1) is 0 Å². The first kappa shape index (κ1) is 16.8. The number of benzene rings is 1. The van der Waals surface area contributed by atoms with Crippen molar-refractivity contribution < 1.29 is 19.5 Å². The van der Waals surface area contributed by atoms with E-state index in [1.807, 2.05) is 0 Å². The molecular formula is C13H16ClN3O4. The lowest BCUT2D eigenvalue weighted by atomic mass is 10.1. The predicted octanol–water partition coefficient (Wildman–Crippen LogP) is 1.49. The lowest BCUT2D eigenvalue weighted by Crippen LogP contribution is -2.43. The topological polar surface area (TPSA) is 122 Å². The molecule has 0 fully saturated rings. The highest BCUT2D eigenvalue weighted by molar-refractivity contribution is 6.31. The highest BCUT2D eigenvalue weighted by atomic mass is 35.5. The molecule has 1 atom stereocenters. The summed E-state index contributed by atoms with van der Waals surface area (Å²) < 4.78 is 0. The van der Waals surface area contributed by atoms with Gasteiger partial charge in [-0.25, -0.2) is 9.59 Å². The van der Waals surface area contributed by atoms with E-state index in [1.54, 1.807) is 25.1 Å². The minimum absolute atomic E-state index is 0.0768. The quantitative estimate of drug-likeness (QED) is 0.635. The number of urea groups is 1. The molecule has 0 aliphatic heterocycles. The minimum Gasteiger partial charge on any atom is -0.480 e. The number of hydrogen-bond acceptors (Lipinski definition) is 3. The molecule has 7 nitrogen and oxygen atoms in total. The Labute approximate surface area is 126 Å².